The molecule has 1 unspecified atom stereocenters. The van der Waals surface area contributed by atoms with Gasteiger partial charge in [-0.05, 0) is 6.42 Å². The van der Waals surface area contributed by atoms with Gasteiger partial charge in [-0.3, -0.25) is 0 Å². The molecule has 0 bridgehead atoms. The molecule has 0 radical (unpaired) electrons. The molecule has 1 heterocycles. The molecule has 1 rings (SSSR count). The Morgan fingerprint density at radius 1 is 1.86 bits per heavy atom. The standard InChI is InChI=1S/C5H8OS/c1-4-5(6)2-3-7-4/h5-6H,1-3H2. The maximum Gasteiger partial charge on any atom is 0.0850 e. The minimum absolute atomic E-state index is 0.218. The van der Waals surface area contributed by atoms with Crippen LogP contribution in [0.25, 0.3) is 0 Å². The van der Waals surface area contributed by atoms with Gasteiger partial charge in [0.05, 0.1) is 6.10 Å². The monoisotopic (exact) mass is 116 g/mol. The highest BCUT2D eigenvalue weighted by Gasteiger charge is 2.15. The second kappa shape index (κ2) is 1.88. The fourth-order valence-electron chi connectivity index (χ4n) is 0.559. The van der Waals surface area contributed by atoms with E-state index in [1.807, 2.05) is 0 Å². The molecular formula is C5H8OS. The fraction of sp³-hybridized carbons (Fsp3) is 0.600. The third kappa shape index (κ3) is 0.983. The Kier molecular flexibility index (Phi) is 1.40. The van der Waals surface area contributed by atoms with Crippen LogP contribution in [0.15, 0.2) is 11.5 Å². The van der Waals surface area contributed by atoms with E-state index in [1.165, 1.54) is 0 Å². The summed E-state index contributed by atoms with van der Waals surface area (Å²) in [6, 6.07) is 0. The van der Waals surface area contributed by atoms with Crippen molar-refractivity contribution in [3.05, 3.63) is 11.5 Å². The van der Waals surface area contributed by atoms with Gasteiger partial charge in [-0.2, -0.15) is 0 Å². The van der Waals surface area contributed by atoms with Gasteiger partial charge in [-0.25, -0.2) is 0 Å². The number of aliphatic hydroxyl groups excluding tert-OH is 1. The lowest BCUT2D eigenvalue weighted by Crippen LogP contribution is -1.98. The number of hydrogen-bond donors (Lipinski definition) is 1. The largest absolute Gasteiger partial charge is 0.388 e. The van der Waals surface area contributed by atoms with Gasteiger partial charge in [0.1, 0.15) is 0 Å². The van der Waals surface area contributed by atoms with Crippen LogP contribution in [0.2, 0.25) is 0 Å². The molecule has 0 aromatic rings. The van der Waals surface area contributed by atoms with Crippen molar-refractivity contribution < 1.29 is 5.11 Å². The third-order valence-corrected chi connectivity index (χ3v) is 2.13. The predicted octanol–water partition coefficient (Wildman–Crippen LogP) is 0.998. The van der Waals surface area contributed by atoms with E-state index in [0.717, 1.165) is 17.1 Å². The lowest BCUT2D eigenvalue weighted by molar-refractivity contribution is 0.222. The quantitative estimate of drug-likeness (QED) is 0.509. The Bertz CT molecular complexity index is 90.1. The number of hydrogen-bond acceptors (Lipinski definition) is 2. The van der Waals surface area contributed by atoms with E-state index >= 15 is 0 Å². The number of thioether (sulfide) groups is 1. The molecule has 0 aliphatic carbocycles. The first-order chi connectivity index (χ1) is 3.30. The van der Waals surface area contributed by atoms with Gasteiger partial charge in [-0.15, -0.1) is 11.8 Å². The predicted molar refractivity (Wildman–Crippen MR) is 32.2 cm³/mol. The van der Waals surface area contributed by atoms with Crippen molar-refractivity contribution in [1.29, 1.82) is 0 Å². The molecule has 1 aliphatic heterocycles. The minimum Gasteiger partial charge on any atom is -0.388 e. The highest BCUT2D eigenvalue weighted by Crippen LogP contribution is 2.28. The summed E-state index contributed by atoms with van der Waals surface area (Å²) in [5.41, 5.74) is 0. The van der Waals surface area contributed by atoms with Crippen molar-refractivity contribution in [2.75, 3.05) is 5.75 Å². The molecule has 1 saturated heterocycles. The molecule has 1 nitrogen and oxygen atoms in total. The Hall–Kier alpha value is 0.0500. The Morgan fingerprint density at radius 3 is 2.71 bits per heavy atom. The van der Waals surface area contributed by atoms with E-state index in [4.69, 9.17) is 5.11 Å². The van der Waals surface area contributed by atoms with Gasteiger partial charge in [0.25, 0.3) is 0 Å². The number of rotatable bonds is 0. The Labute approximate surface area is 47.4 Å². The summed E-state index contributed by atoms with van der Waals surface area (Å²) < 4.78 is 0. The molecule has 0 spiro atoms. The summed E-state index contributed by atoms with van der Waals surface area (Å²) in [5, 5.41) is 8.88. The van der Waals surface area contributed by atoms with Crippen LogP contribution in [0.1, 0.15) is 6.42 Å². The molecule has 2 heteroatoms. The molecular weight excluding hydrogens is 108 g/mol. The first-order valence-corrected chi connectivity index (χ1v) is 3.29. The van der Waals surface area contributed by atoms with Crippen LogP contribution in [0.3, 0.4) is 0 Å². The molecule has 0 saturated carbocycles. The van der Waals surface area contributed by atoms with Gasteiger partial charge in [0.15, 0.2) is 0 Å². The molecule has 0 aromatic heterocycles. The topological polar surface area (TPSA) is 20.2 Å². The molecule has 0 aromatic carbocycles. The summed E-state index contributed by atoms with van der Waals surface area (Å²) in [4.78, 5) is 0.931. The first kappa shape index (κ1) is 5.19. The number of aliphatic hydroxyl groups is 1. The van der Waals surface area contributed by atoms with Crippen LogP contribution in [0.5, 0.6) is 0 Å². The van der Waals surface area contributed by atoms with Gasteiger partial charge in [0.2, 0.25) is 0 Å². The van der Waals surface area contributed by atoms with Crippen LogP contribution < -0.4 is 0 Å². The highest BCUT2D eigenvalue weighted by molar-refractivity contribution is 8.03. The molecule has 1 N–H and O–H groups in total. The first-order valence-electron chi connectivity index (χ1n) is 2.30. The average molecular weight is 116 g/mol. The SMILES string of the molecule is C=C1SCCC1O. The van der Waals surface area contributed by atoms with E-state index in [1.54, 1.807) is 11.8 Å². The second-order valence-corrected chi connectivity index (χ2v) is 2.84. The lowest BCUT2D eigenvalue weighted by Gasteiger charge is -1.95. The van der Waals surface area contributed by atoms with E-state index in [2.05, 4.69) is 6.58 Å². The Balaban J connectivity index is 2.48. The van der Waals surface area contributed by atoms with Crippen LogP contribution in [0.4, 0.5) is 0 Å². The zero-order chi connectivity index (χ0) is 5.28. The summed E-state index contributed by atoms with van der Waals surface area (Å²) >= 11 is 1.66. The lowest BCUT2D eigenvalue weighted by atomic mass is 10.3. The van der Waals surface area contributed by atoms with Crippen molar-refractivity contribution in [2.45, 2.75) is 12.5 Å². The zero-order valence-corrected chi connectivity index (χ0v) is 4.87. The van der Waals surface area contributed by atoms with Gasteiger partial charge in [0, 0.05) is 10.7 Å². The molecule has 1 fully saturated rings. The summed E-state index contributed by atoms with van der Waals surface area (Å²) in [6.45, 7) is 3.65. The fourth-order valence-corrected chi connectivity index (χ4v) is 1.47. The average Bonchev–Trinajstić information content (AvgIpc) is 1.91. The molecule has 1 atom stereocenters. The summed E-state index contributed by atoms with van der Waals surface area (Å²) in [6.07, 6.45) is 0.675. The molecule has 0 amide bonds. The highest BCUT2D eigenvalue weighted by atomic mass is 32.2. The van der Waals surface area contributed by atoms with Crippen LogP contribution >= 0.6 is 11.8 Å². The van der Waals surface area contributed by atoms with Crippen LogP contribution in [0, 0.1) is 0 Å². The summed E-state index contributed by atoms with van der Waals surface area (Å²) in [7, 11) is 0. The normalized spacial score (nSPS) is 31.6. The van der Waals surface area contributed by atoms with Crippen molar-refractivity contribution >= 4 is 11.8 Å². The second-order valence-electron chi connectivity index (χ2n) is 1.62. The smallest absolute Gasteiger partial charge is 0.0850 e. The molecule has 40 valence electrons. The maximum absolute atomic E-state index is 8.88. The van der Waals surface area contributed by atoms with Crippen molar-refractivity contribution in [3.63, 3.8) is 0 Å². The van der Waals surface area contributed by atoms with Crippen LogP contribution in [-0.4, -0.2) is 17.0 Å². The molecule has 1 aliphatic rings. The van der Waals surface area contributed by atoms with Crippen LogP contribution in [-0.2, 0) is 0 Å². The van der Waals surface area contributed by atoms with Crippen molar-refractivity contribution in [2.24, 2.45) is 0 Å². The van der Waals surface area contributed by atoms with Crippen molar-refractivity contribution in [1.82, 2.24) is 0 Å². The molecule has 7 heavy (non-hydrogen) atoms. The zero-order valence-electron chi connectivity index (χ0n) is 4.05. The van der Waals surface area contributed by atoms with E-state index in [0.29, 0.717) is 0 Å². The van der Waals surface area contributed by atoms with E-state index in [-0.39, 0.29) is 6.10 Å². The van der Waals surface area contributed by atoms with Gasteiger partial charge >= 0.3 is 0 Å². The van der Waals surface area contributed by atoms with E-state index < -0.39 is 0 Å². The maximum atomic E-state index is 8.88. The van der Waals surface area contributed by atoms with Crippen molar-refractivity contribution in [3.8, 4) is 0 Å². The van der Waals surface area contributed by atoms with Gasteiger partial charge in [-0.1, -0.05) is 6.58 Å². The third-order valence-electron chi connectivity index (χ3n) is 1.05. The minimum atomic E-state index is -0.218. The van der Waals surface area contributed by atoms with Gasteiger partial charge < -0.3 is 5.11 Å². The summed E-state index contributed by atoms with van der Waals surface area (Å²) in [5.74, 6) is 1.04. The Morgan fingerprint density at radius 2 is 2.57 bits per heavy atom. The van der Waals surface area contributed by atoms with E-state index in [9.17, 15) is 0 Å².